The van der Waals surface area contributed by atoms with Gasteiger partial charge in [-0.2, -0.15) is 0 Å². The molecule has 0 spiro atoms. The van der Waals surface area contributed by atoms with Crippen molar-refractivity contribution in [2.24, 2.45) is 0 Å². The highest BCUT2D eigenvalue weighted by molar-refractivity contribution is 6.30. The molecule has 1 aliphatic heterocycles. The van der Waals surface area contributed by atoms with E-state index < -0.39 is 5.79 Å². The third-order valence-corrected chi connectivity index (χ3v) is 3.38. The van der Waals surface area contributed by atoms with Crippen molar-refractivity contribution in [2.75, 3.05) is 19.8 Å². The van der Waals surface area contributed by atoms with E-state index in [-0.39, 0.29) is 0 Å². The van der Waals surface area contributed by atoms with Gasteiger partial charge in [-0.1, -0.05) is 31.9 Å². The molecular formula is C15H21ClO3. The van der Waals surface area contributed by atoms with Crippen LogP contribution in [0.5, 0.6) is 5.75 Å². The standard InChI is InChI=1S/C15H21ClO3/c1-3-7-15(18-9-10-19-15)13-11-12(16)5-6-14(13)17-8-4-2/h5-6,11H,3-4,7-10H2,1-2H3. The van der Waals surface area contributed by atoms with Gasteiger partial charge in [-0.3, -0.25) is 0 Å². The lowest BCUT2D eigenvalue weighted by Gasteiger charge is -2.29. The molecule has 0 radical (unpaired) electrons. The van der Waals surface area contributed by atoms with Crippen LogP contribution in [0.3, 0.4) is 0 Å². The third-order valence-electron chi connectivity index (χ3n) is 3.15. The maximum absolute atomic E-state index is 6.12. The predicted molar refractivity (Wildman–Crippen MR) is 75.7 cm³/mol. The van der Waals surface area contributed by atoms with Crippen LogP contribution in [0, 0.1) is 0 Å². The van der Waals surface area contributed by atoms with E-state index in [9.17, 15) is 0 Å². The smallest absolute Gasteiger partial charge is 0.198 e. The molecule has 1 saturated heterocycles. The summed E-state index contributed by atoms with van der Waals surface area (Å²) in [6.07, 6.45) is 2.74. The summed E-state index contributed by atoms with van der Waals surface area (Å²) in [5.74, 6) is 0.115. The Morgan fingerprint density at radius 1 is 1.21 bits per heavy atom. The quantitative estimate of drug-likeness (QED) is 0.786. The van der Waals surface area contributed by atoms with E-state index >= 15 is 0 Å². The molecule has 0 bridgehead atoms. The van der Waals surface area contributed by atoms with Gasteiger partial charge in [-0.15, -0.1) is 0 Å². The van der Waals surface area contributed by atoms with Crippen LogP contribution in [0.1, 0.15) is 38.7 Å². The molecule has 2 rings (SSSR count). The molecule has 3 nitrogen and oxygen atoms in total. The SMILES string of the molecule is CCCOc1ccc(Cl)cc1C1(CCC)OCCO1. The summed E-state index contributed by atoms with van der Waals surface area (Å²) >= 11 is 6.12. The molecule has 0 saturated carbocycles. The molecule has 4 heteroatoms. The molecule has 1 heterocycles. The molecule has 0 aromatic heterocycles. The molecule has 0 unspecified atom stereocenters. The molecule has 0 N–H and O–H groups in total. The lowest BCUT2D eigenvalue weighted by atomic mass is 10.00. The van der Waals surface area contributed by atoms with Crippen molar-refractivity contribution in [3.8, 4) is 5.75 Å². The van der Waals surface area contributed by atoms with E-state index in [4.69, 9.17) is 25.8 Å². The highest BCUT2D eigenvalue weighted by Gasteiger charge is 2.40. The molecule has 1 aromatic carbocycles. The first-order chi connectivity index (χ1) is 9.22. The molecule has 0 aliphatic carbocycles. The first kappa shape index (κ1) is 14.6. The molecule has 1 aromatic rings. The van der Waals surface area contributed by atoms with Crippen molar-refractivity contribution in [3.63, 3.8) is 0 Å². The molecule has 19 heavy (non-hydrogen) atoms. The Bertz CT molecular complexity index is 414. The number of benzene rings is 1. The Labute approximate surface area is 119 Å². The van der Waals surface area contributed by atoms with Gasteiger partial charge in [-0.25, -0.2) is 0 Å². The number of ether oxygens (including phenoxy) is 3. The van der Waals surface area contributed by atoms with E-state index in [2.05, 4.69) is 13.8 Å². The zero-order chi connectivity index (χ0) is 13.7. The van der Waals surface area contributed by atoms with Gasteiger partial charge in [0.25, 0.3) is 0 Å². The number of rotatable bonds is 6. The Morgan fingerprint density at radius 2 is 1.95 bits per heavy atom. The fourth-order valence-electron chi connectivity index (χ4n) is 2.36. The fourth-order valence-corrected chi connectivity index (χ4v) is 2.53. The van der Waals surface area contributed by atoms with Gasteiger partial charge in [-0.05, 0) is 24.6 Å². The van der Waals surface area contributed by atoms with Crippen molar-refractivity contribution in [1.29, 1.82) is 0 Å². The first-order valence-corrected chi connectivity index (χ1v) is 7.30. The zero-order valence-electron chi connectivity index (χ0n) is 11.6. The summed E-state index contributed by atoms with van der Waals surface area (Å²) in [6.45, 7) is 6.10. The average Bonchev–Trinajstić information content (AvgIpc) is 2.87. The van der Waals surface area contributed by atoms with Crippen LogP contribution in [0.15, 0.2) is 18.2 Å². The van der Waals surface area contributed by atoms with Gasteiger partial charge in [0.1, 0.15) is 5.75 Å². The van der Waals surface area contributed by atoms with E-state index in [1.54, 1.807) is 0 Å². The Balaban J connectivity index is 2.36. The molecule has 1 aliphatic rings. The zero-order valence-corrected chi connectivity index (χ0v) is 12.3. The lowest BCUT2D eigenvalue weighted by molar-refractivity contribution is -0.172. The van der Waals surface area contributed by atoms with Gasteiger partial charge >= 0.3 is 0 Å². The predicted octanol–water partition coefficient (Wildman–Crippen LogP) is 4.13. The Morgan fingerprint density at radius 3 is 2.58 bits per heavy atom. The second-order valence-electron chi connectivity index (χ2n) is 4.69. The summed E-state index contributed by atoms with van der Waals surface area (Å²) in [5.41, 5.74) is 0.910. The molecule has 0 amide bonds. The van der Waals surface area contributed by atoms with Gasteiger partial charge in [0.2, 0.25) is 0 Å². The second kappa shape index (κ2) is 6.60. The lowest BCUT2D eigenvalue weighted by Crippen LogP contribution is -2.27. The molecular weight excluding hydrogens is 264 g/mol. The van der Waals surface area contributed by atoms with E-state index in [0.29, 0.717) is 24.8 Å². The van der Waals surface area contributed by atoms with Gasteiger partial charge in [0.05, 0.1) is 25.4 Å². The topological polar surface area (TPSA) is 27.7 Å². The van der Waals surface area contributed by atoms with Crippen molar-refractivity contribution in [1.82, 2.24) is 0 Å². The largest absolute Gasteiger partial charge is 0.493 e. The first-order valence-electron chi connectivity index (χ1n) is 6.92. The second-order valence-corrected chi connectivity index (χ2v) is 5.13. The summed E-state index contributed by atoms with van der Waals surface area (Å²) < 4.78 is 17.6. The maximum Gasteiger partial charge on any atom is 0.198 e. The summed E-state index contributed by atoms with van der Waals surface area (Å²) in [5, 5.41) is 0.674. The minimum absolute atomic E-state index is 0.611. The van der Waals surface area contributed by atoms with Gasteiger partial charge in [0, 0.05) is 11.4 Å². The minimum Gasteiger partial charge on any atom is -0.493 e. The van der Waals surface area contributed by atoms with E-state index in [1.807, 2.05) is 18.2 Å². The van der Waals surface area contributed by atoms with Crippen LogP contribution in [-0.2, 0) is 15.3 Å². The summed E-state index contributed by atoms with van der Waals surface area (Å²) in [7, 11) is 0. The van der Waals surface area contributed by atoms with Crippen LogP contribution in [0.4, 0.5) is 0 Å². The molecule has 1 fully saturated rings. The van der Waals surface area contributed by atoms with E-state index in [0.717, 1.165) is 30.6 Å². The van der Waals surface area contributed by atoms with Crippen LogP contribution in [0.25, 0.3) is 0 Å². The number of hydrogen-bond acceptors (Lipinski definition) is 3. The highest BCUT2D eigenvalue weighted by atomic mass is 35.5. The highest BCUT2D eigenvalue weighted by Crippen LogP contribution is 2.41. The Hall–Kier alpha value is -0.770. The molecule has 106 valence electrons. The average molecular weight is 285 g/mol. The monoisotopic (exact) mass is 284 g/mol. The van der Waals surface area contributed by atoms with Crippen LogP contribution in [0.2, 0.25) is 5.02 Å². The van der Waals surface area contributed by atoms with Crippen molar-refractivity contribution < 1.29 is 14.2 Å². The van der Waals surface area contributed by atoms with Crippen LogP contribution < -0.4 is 4.74 Å². The number of hydrogen-bond donors (Lipinski definition) is 0. The van der Waals surface area contributed by atoms with Crippen molar-refractivity contribution in [2.45, 2.75) is 38.9 Å². The van der Waals surface area contributed by atoms with Crippen molar-refractivity contribution in [3.05, 3.63) is 28.8 Å². The minimum atomic E-state index is -0.692. The third kappa shape index (κ3) is 3.22. The van der Waals surface area contributed by atoms with Gasteiger partial charge < -0.3 is 14.2 Å². The fraction of sp³-hybridized carbons (Fsp3) is 0.600. The van der Waals surface area contributed by atoms with Crippen LogP contribution >= 0.6 is 11.6 Å². The van der Waals surface area contributed by atoms with E-state index in [1.165, 1.54) is 0 Å². The molecule has 0 atom stereocenters. The number of halogens is 1. The van der Waals surface area contributed by atoms with Gasteiger partial charge in [0.15, 0.2) is 5.79 Å². The van der Waals surface area contributed by atoms with Crippen molar-refractivity contribution >= 4 is 11.6 Å². The maximum atomic E-state index is 6.12. The van der Waals surface area contributed by atoms with Crippen LogP contribution in [-0.4, -0.2) is 19.8 Å². The Kier molecular flexibility index (Phi) is 5.08. The normalized spacial score (nSPS) is 17.6. The summed E-state index contributed by atoms with van der Waals surface area (Å²) in [6, 6.07) is 5.63. The summed E-state index contributed by atoms with van der Waals surface area (Å²) in [4.78, 5) is 0.